The molecule has 3 heterocycles. The maximum atomic E-state index is 13.4. The van der Waals surface area contributed by atoms with Crippen molar-refractivity contribution in [1.82, 2.24) is 19.9 Å². The number of anilines is 1. The zero-order valence-electron chi connectivity index (χ0n) is 19.9. The standard InChI is InChI=1S/C25H25N5O5S/c1-33-20-11-10-18(9-8-17-6-3-4-7-17)14-22(20)36(31,32)29-24-23-21(35-28-24)15-19(27-25(23)34-2)16-30-13-5-12-26-30/h5,10-15,17H,3-4,6-7,16H2,1-2H3,(H,28,29). The van der Waals surface area contributed by atoms with Crippen LogP contribution in [0.25, 0.3) is 11.0 Å². The van der Waals surface area contributed by atoms with Crippen LogP contribution in [0.15, 0.2) is 52.1 Å². The largest absolute Gasteiger partial charge is 0.495 e. The Balaban J connectivity index is 1.47. The summed E-state index contributed by atoms with van der Waals surface area (Å²) in [6.45, 7) is 0.382. The number of ether oxygens (including phenoxy) is 2. The Labute approximate surface area is 208 Å². The van der Waals surface area contributed by atoms with Gasteiger partial charge in [-0.2, -0.15) is 5.10 Å². The lowest BCUT2D eigenvalue weighted by Gasteiger charge is -2.11. The summed E-state index contributed by atoms with van der Waals surface area (Å²) in [7, 11) is -1.26. The Bertz CT molecular complexity index is 1540. The number of fused-ring (bicyclic) bond motifs is 1. The number of sulfonamides is 1. The summed E-state index contributed by atoms with van der Waals surface area (Å²) < 4.78 is 47.2. The van der Waals surface area contributed by atoms with Gasteiger partial charge in [-0.15, -0.1) is 0 Å². The molecular formula is C25H25N5O5S. The van der Waals surface area contributed by atoms with Crippen molar-refractivity contribution in [3.63, 3.8) is 0 Å². The van der Waals surface area contributed by atoms with Gasteiger partial charge in [-0.05, 0) is 37.1 Å². The van der Waals surface area contributed by atoms with Gasteiger partial charge >= 0.3 is 0 Å². The van der Waals surface area contributed by atoms with Crippen LogP contribution in [0.3, 0.4) is 0 Å². The van der Waals surface area contributed by atoms with Crippen LogP contribution in [-0.4, -0.2) is 42.6 Å². The summed E-state index contributed by atoms with van der Waals surface area (Å²) in [5.41, 5.74) is 1.53. The average Bonchev–Trinajstić information content (AvgIpc) is 3.65. The van der Waals surface area contributed by atoms with Gasteiger partial charge in [0.05, 0.1) is 26.5 Å². The molecule has 1 fully saturated rings. The molecule has 0 spiro atoms. The molecule has 0 radical (unpaired) electrons. The number of benzene rings is 1. The number of nitrogens with one attached hydrogen (secondary N) is 1. The molecule has 0 atom stereocenters. The molecule has 1 aliphatic rings. The predicted molar refractivity (Wildman–Crippen MR) is 132 cm³/mol. The van der Waals surface area contributed by atoms with Gasteiger partial charge in [0.2, 0.25) is 5.88 Å². The van der Waals surface area contributed by atoms with Crippen molar-refractivity contribution in [2.45, 2.75) is 37.1 Å². The van der Waals surface area contributed by atoms with E-state index in [0.717, 1.165) is 12.8 Å². The molecule has 186 valence electrons. The van der Waals surface area contributed by atoms with E-state index in [-0.39, 0.29) is 22.3 Å². The maximum Gasteiger partial charge on any atom is 0.266 e. The molecule has 1 N–H and O–H groups in total. The Hall–Kier alpha value is -4.04. The molecule has 11 heteroatoms. The van der Waals surface area contributed by atoms with Gasteiger partial charge in [-0.3, -0.25) is 9.40 Å². The van der Waals surface area contributed by atoms with Gasteiger partial charge in [-0.25, -0.2) is 13.4 Å². The molecule has 4 aromatic rings. The number of hydrogen-bond donors (Lipinski definition) is 1. The van der Waals surface area contributed by atoms with E-state index in [2.05, 4.69) is 31.8 Å². The fourth-order valence-electron chi connectivity index (χ4n) is 4.24. The lowest BCUT2D eigenvalue weighted by molar-refractivity contribution is 0.400. The Morgan fingerprint density at radius 2 is 2.03 bits per heavy atom. The van der Waals surface area contributed by atoms with E-state index in [0.29, 0.717) is 34.7 Å². The molecule has 0 amide bonds. The highest BCUT2D eigenvalue weighted by Crippen LogP contribution is 2.34. The van der Waals surface area contributed by atoms with Crippen molar-refractivity contribution in [1.29, 1.82) is 0 Å². The molecule has 36 heavy (non-hydrogen) atoms. The molecule has 0 aliphatic heterocycles. The third-order valence-electron chi connectivity index (χ3n) is 6.01. The molecule has 1 aromatic carbocycles. The van der Waals surface area contributed by atoms with E-state index in [1.807, 2.05) is 0 Å². The van der Waals surface area contributed by atoms with Gasteiger partial charge in [0, 0.05) is 29.9 Å². The first-order valence-electron chi connectivity index (χ1n) is 11.5. The average molecular weight is 508 g/mol. The fourth-order valence-corrected chi connectivity index (χ4v) is 5.44. The van der Waals surface area contributed by atoms with E-state index >= 15 is 0 Å². The summed E-state index contributed by atoms with van der Waals surface area (Å²) in [4.78, 5) is 4.42. The highest BCUT2D eigenvalue weighted by molar-refractivity contribution is 7.92. The highest BCUT2D eigenvalue weighted by Gasteiger charge is 2.25. The highest BCUT2D eigenvalue weighted by atomic mass is 32.2. The number of methoxy groups -OCH3 is 2. The first-order chi connectivity index (χ1) is 17.5. The maximum absolute atomic E-state index is 13.4. The quantitative estimate of drug-likeness (QED) is 0.375. The first-order valence-corrected chi connectivity index (χ1v) is 13.0. The zero-order chi connectivity index (χ0) is 25.1. The van der Waals surface area contributed by atoms with Crippen LogP contribution in [-0.2, 0) is 16.6 Å². The van der Waals surface area contributed by atoms with Crippen LogP contribution in [0.2, 0.25) is 0 Å². The van der Waals surface area contributed by atoms with Crippen molar-refractivity contribution >= 4 is 26.8 Å². The van der Waals surface area contributed by atoms with Gasteiger partial charge in [0.25, 0.3) is 10.0 Å². The molecule has 0 bridgehead atoms. The summed E-state index contributed by atoms with van der Waals surface area (Å²) >= 11 is 0. The second-order valence-electron chi connectivity index (χ2n) is 8.45. The van der Waals surface area contributed by atoms with E-state index in [1.165, 1.54) is 33.1 Å². The number of pyridine rings is 1. The summed E-state index contributed by atoms with van der Waals surface area (Å²) in [6.07, 6.45) is 7.99. The lowest BCUT2D eigenvalue weighted by atomic mass is 10.1. The second kappa shape index (κ2) is 9.91. The molecule has 0 unspecified atom stereocenters. The summed E-state index contributed by atoms with van der Waals surface area (Å²) in [6, 6.07) is 8.32. The number of rotatable bonds is 7. The minimum Gasteiger partial charge on any atom is -0.495 e. The third-order valence-corrected chi connectivity index (χ3v) is 7.37. The molecule has 1 saturated carbocycles. The van der Waals surface area contributed by atoms with Crippen LogP contribution in [0, 0.1) is 17.8 Å². The van der Waals surface area contributed by atoms with Gasteiger partial charge in [0.15, 0.2) is 11.4 Å². The molecule has 1 aliphatic carbocycles. The van der Waals surface area contributed by atoms with Crippen molar-refractivity contribution in [3.8, 4) is 23.5 Å². The van der Waals surface area contributed by atoms with Gasteiger partial charge < -0.3 is 14.0 Å². The SMILES string of the molecule is COc1ccc(C#CC2CCCC2)cc1S(=O)(=O)Nc1noc2cc(Cn3cccn3)nc(OC)c12. The number of nitrogens with zero attached hydrogens (tertiary/aromatic N) is 4. The first kappa shape index (κ1) is 23.7. The fraction of sp³-hybridized carbons (Fsp3) is 0.320. The minimum absolute atomic E-state index is 0.0375. The molecular weight excluding hydrogens is 482 g/mol. The number of hydrogen-bond acceptors (Lipinski definition) is 8. The van der Waals surface area contributed by atoms with Crippen molar-refractivity contribution in [3.05, 3.63) is 54.0 Å². The van der Waals surface area contributed by atoms with Crippen LogP contribution in [0.4, 0.5) is 5.82 Å². The molecule has 3 aromatic heterocycles. The van der Waals surface area contributed by atoms with E-state index in [1.54, 1.807) is 41.3 Å². The second-order valence-corrected chi connectivity index (χ2v) is 10.1. The Morgan fingerprint density at radius 3 is 2.75 bits per heavy atom. The van der Waals surface area contributed by atoms with Crippen LogP contribution in [0.5, 0.6) is 11.6 Å². The third kappa shape index (κ3) is 4.85. The summed E-state index contributed by atoms with van der Waals surface area (Å²) in [5, 5.41) is 8.42. The lowest BCUT2D eigenvalue weighted by Crippen LogP contribution is -2.15. The Morgan fingerprint density at radius 1 is 1.19 bits per heavy atom. The predicted octanol–water partition coefficient (Wildman–Crippen LogP) is 3.83. The van der Waals surface area contributed by atoms with E-state index < -0.39 is 10.0 Å². The minimum atomic E-state index is -4.12. The van der Waals surface area contributed by atoms with Crippen LogP contribution < -0.4 is 14.2 Å². The van der Waals surface area contributed by atoms with Gasteiger partial charge in [0.1, 0.15) is 16.0 Å². The Kier molecular flexibility index (Phi) is 6.52. The normalized spacial score (nSPS) is 13.9. The van der Waals surface area contributed by atoms with Crippen molar-refractivity contribution in [2.75, 3.05) is 18.9 Å². The molecule has 0 saturated heterocycles. The summed E-state index contributed by atoms with van der Waals surface area (Å²) in [5.74, 6) is 7.05. The van der Waals surface area contributed by atoms with E-state index in [4.69, 9.17) is 14.0 Å². The van der Waals surface area contributed by atoms with Crippen LogP contribution in [0.1, 0.15) is 36.9 Å². The molecule has 10 nitrogen and oxygen atoms in total. The van der Waals surface area contributed by atoms with E-state index in [9.17, 15) is 8.42 Å². The van der Waals surface area contributed by atoms with Gasteiger partial charge in [-0.1, -0.05) is 29.8 Å². The molecule has 5 rings (SSSR count). The monoisotopic (exact) mass is 507 g/mol. The van der Waals surface area contributed by atoms with Crippen molar-refractivity contribution in [2.24, 2.45) is 5.92 Å². The number of aromatic nitrogens is 4. The topological polar surface area (TPSA) is 121 Å². The van der Waals surface area contributed by atoms with Crippen molar-refractivity contribution < 1.29 is 22.4 Å². The zero-order valence-corrected chi connectivity index (χ0v) is 20.7. The smallest absolute Gasteiger partial charge is 0.266 e. The van der Waals surface area contributed by atoms with Crippen LogP contribution >= 0.6 is 0 Å².